The van der Waals surface area contributed by atoms with E-state index >= 15 is 0 Å². The van der Waals surface area contributed by atoms with Crippen molar-refractivity contribution in [2.75, 3.05) is 18.4 Å². The fourth-order valence-electron chi connectivity index (χ4n) is 3.91. The van der Waals surface area contributed by atoms with Crippen LogP contribution in [0.25, 0.3) is 22.0 Å². The Morgan fingerprint density at radius 2 is 1.93 bits per heavy atom. The van der Waals surface area contributed by atoms with E-state index in [1.807, 2.05) is 11.0 Å². The Morgan fingerprint density at radius 3 is 2.64 bits per heavy atom. The van der Waals surface area contributed by atoms with Gasteiger partial charge in [0.1, 0.15) is 0 Å². The average Bonchev–Trinajstić information content (AvgIpc) is 3.10. The standard InChI is InChI=1S/C23H28N4O/c1-15(2)17-6-8-18(9-7-17)19-10-11-20-21(13-19)25-26-22(20)24-23(28)27-12-4-5-16(3)14-27/h6-11,13,15-16H,4-5,12,14H2,1-3H3,(H2,24,25,26,28). The van der Waals surface area contributed by atoms with E-state index in [2.05, 4.69) is 72.7 Å². The molecule has 0 radical (unpaired) electrons. The number of benzene rings is 2. The first-order valence-corrected chi connectivity index (χ1v) is 10.2. The summed E-state index contributed by atoms with van der Waals surface area (Å²) in [6.07, 6.45) is 2.25. The number of nitrogens with one attached hydrogen (secondary N) is 2. The summed E-state index contributed by atoms with van der Waals surface area (Å²) in [5.74, 6) is 1.68. The Labute approximate surface area is 166 Å². The SMILES string of the molecule is CC1CCCN(C(=O)Nc2n[nH]c3cc(-c4ccc(C(C)C)cc4)ccc23)C1. The number of aromatic nitrogens is 2. The monoisotopic (exact) mass is 376 g/mol. The molecular formula is C23H28N4O. The van der Waals surface area contributed by atoms with E-state index in [1.54, 1.807) is 0 Å². The first kappa shape index (κ1) is 18.5. The van der Waals surface area contributed by atoms with Gasteiger partial charge >= 0.3 is 6.03 Å². The molecule has 1 unspecified atom stereocenters. The molecule has 146 valence electrons. The molecule has 1 saturated heterocycles. The number of hydrogen-bond acceptors (Lipinski definition) is 2. The molecule has 2 amide bonds. The number of carbonyl (C=O) groups excluding carboxylic acids is 1. The molecule has 0 spiro atoms. The van der Waals surface area contributed by atoms with Crippen LogP contribution in [-0.4, -0.2) is 34.2 Å². The fourth-order valence-corrected chi connectivity index (χ4v) is 3.91. The van der Waals surface area contributed by atoms with Crippen LogP contribution in [0.4, 0.5) is 10.6 Å². The van der Waals surface area contributed by atoms with Crippen molar-refractivity contribution in [1.82, 2.24) is 15.1 Å². The van der Waals surface area contributed by atoms with Crippen molar-refractivity contribution in [1.29, 1.82) is 0 Å². The topological polar surface area (TPSA) is 61.0 Å². The summed E-state index contributed by atoms with van der Waals surface area (Å²) in [7, 11) is 0. The lowest BCUT2D eigenvalue weighted by Crippen LogP contribution is -2.41. The second-order valence-electron chi connectivity index (χ2n) is 8.23. The smallest absolute Gasteiger partial charge is 0.323 e. The molecule has 4 rings (SSSR count). The summed E-state index contributed by atoms with van der Waals surface area (Å²) in [4.78, 5) is 14.5. The molecule has 2 heterocycles. The minimum absolute atomic E-state index is 0.0618. The Balaban J connectivity index is 1.53. The van der Waals surface area contributed by atoms with E-state index in [0.29, 0.717) is 17.7 Å². The van der Waals surface area contributed by atoms with Crippen LogP contribution >= 0.6 is 0 Å². The maximum Gasteiger partial charge on any atom is 0.323 e. The number of anilines is 1. The molecule has 0 aliphatic carbocycles. The van der Waals surface area contributed by atoms with Gasteiger partial charge in [-0.3, -0.25) is 10.4 Å². The van der Waals surface area contributed by atoms with Gasteiger partial charge in [0.25, 0.3) is 0 Å². The summed E-state index contributed by atoms with van der Waals surface area (Å²) in [6, 6.07) is 14.8. The number of aromatic amines is 1. The highest BCUT2D eigenvalue weighted by atomic mass is 16.2. The van der Waals surface area contributed by atoms with Crippen LogP contribution in [0.2, 0.25) is 0 Å². The number of fused-ring (bicyclic) bond motifs is 1. The van der Waals surface area contributed by atoms with Crippen molar-refractivity contribution >= 4 is 22.8 Å². The highest BCUT2D eigenvalue weighted by molar-refractivity contribution is 6.00. The van der Waals surface area contributed by atoms with Gasteiger partial charge in [0.15, 0.2) is 5.82 Å². The van der Waals surface area contributed by atoms with Crippen molar-refractivity contribution in [3.8, 4) is 11.1 Å². The number of rotatable bonds is 3. The van der Waals surface area contributed by atoms with Gasteiger partial charge in [-0.2, -0.15) is 5.10 Å². The van der Waals surface area contributed by atoms with Crippen LogP contribution in [0.15, 0.2) is 42.5 Å². The van der Waals surface area contributed by atoms with Crippen molar-refractivity contribution in [3.63, 3.8) is 0 Å². The molecule has 0 bridgehead atoms. The lowest BCUT2D eigenvalue weighted by atomic mass is 9.98. The van der Waals surface area contributed by atoms with Crippen LogP contribution in [0.5, 0.6) is 0 Å². The number of nitrogens with zero attached hydrogens (tertiary/aromatic N) is 2. The zero-order chi connectivity index (χ0) is 19.7. The summed E-state index contributed by atoms with van der Waals surface area (Å²) < 4.78 is 0. The van der Waals surface area contributed by atoms with Gasteiger partial charge in [-0.15, -0.1) is 0 Å². The molecular weight excluding hydrogens is 348 g/mol. The number of urea groups is 1. The van der Waals surface area contributed by atoms with E-state index in [-0.39, 0.29) is 6.03 Å². The molecule has 0 saturated carbocycles. The maximum atomic E-state index is 12.6. The third kappa shape index (κ3) is 3.75. The van der Waals surface area contributed by atoms with Gasteiger partial charge in [0, 0.05) is 18.5 Å². The minimum Gasteiger partial charge on any atom is -0.324 e. The van der Waals surface area contributed by atoms with E-state index < -0.39 is 0 Å². The fraction of sp³-hybridized carbons (Fsp3) is 0.391. The van der Waals surface area contributed by atoms with Crippen LogP contribution in [0.1, 0.15) is 45.1 Å². The van der Waals surface area contributed by atoms with Crippen LogP contribution in [0.3, 0.4) is 0 Å². The van der Waals surface area contributed by atoms with E-state index in [9.17, 15) is 4.79 Å². The normalized spacial score (nSPS) is 17.3. The first-order chi connectivity index (χ1) is 13.5. The average molecular weight is 377 g/mol. The highest BCUT2D eigenvalue weighted by Gasteiger charge is 2.22. The van der Waals surface area contributed by atoms with Gasteiger partial charge in [-0.25, -0.2) is 4.79 Å². The van der Waals surface area contributed by atoms with Crippen molar-refractivity contribution in [2.45, 2.75) is 39.5 Å². The molecule has 5 nitrogen and oxygen atoms in total. The molecule has 1 atom stereocenters. The number of hydrogen-bond donors (Lipinski definition) is 2. The Morgan fingerprint density at radius 1 is 1.18 bits per heavy atom. The predicted molar refractivity (Wildman–Crippen MR) is 115 cm³/mol. The molecule has 3 aromatic rings. The van der Waals surface area contributed by atoms with E-state index in [1.165, 1.54) is 17.5 Å². The minimum atomic E-state index is -0.0618. The zero-order valence-corrected chi connectivity index (χ0v) is 16.8. The largest absolute Gasteiger partial charge is 0.324 e. The molecule has 1 aromatic heterocycles. The zero-order valence-electron chi connectivity index (χ0n) is 16.8. The first-order valence-electron chi connectivity index (χ1n) is 10.2. The molecule has 1 aliphatic heterocycles. The molecule has 5 heteroatoms. The summed E-state index contributed by atoms with van der Waals surface area (Å²) in [5, 5.41) is 11.3. The summed E-state index contributed by atoms with van der Waals surface area (Å²) >= 11 is 0. The molecule has 28 heavy (non-hydrogen) atoms. The summed E-state index contributed by atoms with van der Waals surface area (Å²) in [5.41, 5.74) is 4.57. The number of carbonyl (C=O) groups is 1. The summed E-state index contributed by atoms with van der Waals surface area (Å²) in [6.45, 7) is 8.22. The highest BCUT2D eigenvalue weighted by Crippen LogP contribution is 2.28. The van der Waals surface area contributed by atoms with Gasteiger partial charge in [0.05, 0.1) is 5.52 Å². The number of piperidine rings is 1. The van der Waals surface area contributed by atoms with Crippen molar-refractivity contribution in [2.24, 2.45) is 5.92 Å². The van der Waals surface area contributed by atoms with Gasteiger partial charge in [0.2, 0.25) is 0 Å². The second kappa shape index (κ2) is 7.66. The molecule has 1 aliphatic rings. The Kier molecular flexibility index (Phi) is 5.07. The maximum absolute atomic E-state index is 12.6. The molecule has 2 N–H and O–H groups in total. The second-order valence-corrected chi connectivity index (χ2v) is 8.23. The van der Waals surface area contributed by atoms with Gasteiger partial charge < -0.3 is 4.90 Å². The molecule has 1 fully saturated rings. The number of H-pyrrole nitrogens is 1. The van der Waals surface area contributed by atoms with E-state index in [4.69, 9.17) is 0 Å². The van der Waals surface area contributed by atoms with Crippen LogP contribution < -0.4 is 5.32 Å². The lowest BCUT2D eigenvalue weighted by Gasteiger charge is -2.30. The Hall–Kier alpha value is -2.82. The quantitative estimate of drug-likeness (QED) is 0.623. The van der Waals surface area contributed by atoms with Crippen molar-refractivity contribution in [3.05, 3.63) is 48.0 Å². The van der Waals surface area contributed by atoms with Gasteiger partial charge in [-0.1, -0.05) is 51.1 Å². The number of amides is 2. The molecule has 2 aromatic carbocycles. The third-order valence-electron chi connectivity index (χ3n) is 5.64. The van der Waals surface area contributed by atoms with Crippen LogP contribution in [0, 0.1) is 5.92 Å². The lowest BCUT2D eigenvalue weighted by molar-refractivity contribution is 0.182. The predicted octanol–water partition coefficient (Wildman–Crippen LogP) is 5.62. The van der Waals surface area contributed by atoms with Crippen LogP contribution in [-0.2, 0) is 0 Å². The van der Waals surface area contributed by atoms with Gasteiger partial charge in [-0.05, 0) is 53.5 Å². The Bertz CT molecular complexity index is 974. The van der Waals surface area contributed by atoms with Crippen molar-refractivity contribution < 1.29 is 4.79 Å². The number of likely N-dealkylation sites (tertiary alicyclic amines) is 1. The van der Waals surface area contributed by atoms with E-state index in [0.717, 1.165) is 36.0 Å². The third-order valence-corrected chi connectivity index (χ3v) is 5.64.